The second-order valence-corrected chi connectivity index (χ2v) is 6.97. The second-order valence-electron chi connectivity index (χ2n) is 6.97. The quantitative estimate of drug-likeness (QED) is 0.572. The van der Waals surface area contributed by atoms with E-state index >= 15 is 0 Å². The monoisotopic (exact) mass is 371 g/mol. The predicted molar refractivity (Wildman–Crippen MR) is 111 cm³/mol. The number of benzene rings is 2. The van der Waals surface area contributed by atoms with Gasteiger partial charge >= 0.3 is 0 Å². The van der Waals surface area contributed by atoms with Crippen molar-refractivity contribution in [3.05, 3.63) is 99.6 Å². The van der Waals surface area contributed by atoms with E-state index in [1.54, 1.807) is 12.1 Å². The summed E-state index contributed by atoms with van der Waals surface area (Å²) in [5.41, 5.74) is 5.00. The lowest BCUT2D eigenvalue weighted by molar-refractivity contribution is 0.0951. The van der Waals surface area contributed by atoms with Crippen molar-refractivity contribution in [3.8, 4) is 5.69 Å². The molecule has 2 heterocycles. The molecule has 0 spiro atoms. The molecule has 5 heteroatoms. The first-order valence-electron chi connectivity index (χ1n) is 9.16. The minimum Gasteiger partial charge on any atom is -0.348 e. The van der Waals surface area contributed by atoms with Gasteiger partial charge in [-0.1, -0.05) is 0 Å². The predicted octanol–water partition coefficient (Wildman–Crippen LogP) is 3.87. The highest BCUT2D eigenvalue weighted by atomic mass is 16.1. The number of carbonyl (C=O) groups is 1. The number of hydrogen-bond donors (Lipinski definition) is 2. The van der Waals surface area contributed by atoms with Crippen LogP contribution in [0.4, 0.5) is 0 Å². The summed E-state index contributed by atoms with van der Waals surface area (Å²) in [6.07, 6.45) is 3.90. The van der Waals surface area contributed by atoms with E-state index in [2.05, 4.69) is 10.3 Å². The molecule has 0 aliphatic heterocycles. The van der Waals surface area contributed by atoms with E-state index in [1.165, 1.54) is 0 Å². The molecule has 0 saturated heterocycles. The summed E-state index contributed by atoms with van der Waals surface area (Å²) in [6, 6.07) is 17.1. The van der Waals surface area contributed by atoms with Crippen molar-refractivity contribution in [2.45, 2.75) is 20.4 Å². The molecule has 28 heavy (non-hydrogen) atoms. The summed E-state index contributed by atoms with van der Waals surface area (Å²) in [5.74, 6) is -0.210. The number of H-pyrrole nitrogens is 1. The summed E-state index contributed by atoms with van der Waals surface area (Å²) in [5, 5.41) is 3.80. The van der Waals surface area contributed by atoms with Crippen LogP contribution in [0.2, 0.25) is 0 Å². The van der Waals surface area contributed by atoms with E-state index in [4.69, 9.17) is 0 Å². The number of rotatable bonds is 4. The van der Waals surface area contributed by atoms with Gasteiger partial charge in [0.2, 0.25) is 0 Å². The maximum Gasteiger partial charge on any atom is 0.253 e. The first-order chi connectivity index (χ1) is 13.5. The topological polar surface area (TPSA) is 66.9 Å². The lowest BCUT2D eigenvalue weighted by Gasteiger charge is -2.09. The molecular formula is C23H21N3O2. The Kier molecular flexibility index (Phi) is 4.57. The second kappa shape index (κ2) is 7.19. The molecule has 4 aromatic rings. The maximum atomic E-state index is 12.5. The van der Waals surface area contributed by atoms with E-state index in [9.17, 15) is 9.59 Å². The van der Waals surface area contributed by atoms with E-state index in [0.717, 1.165) is 27.7 Å². The largest absolute Gasteiger partial charge is 0.348 e. The van der Waals surface area contributed by atoms with Crippen molar-refractivity contribution in [1.82, 2.24) is 14.9 Å². The van der Waals surface area contributed by atoms with Crippen LogP contribution in [0.15, 0.2) is 71.8 Å². The Morgan fingerprint density at radius 2 is 1.68 bits per heavy atom. The van der Waals surface area contributed by atoms with Crippen LogP contribution in [0.1, 0.15) is 27.0 Å². The van der Waals surface area contributed by atoms with Gasteiger partial charge < -0.3 is 14.9 Å². The van der Waals surface area contributed by atoms with Gasteiger partial charge in [0.1, 0.15) is 0 Å². The van der Waals surface area contributed by atoms with Gasteiger partial charge in [-0.05, 0) is 85.0 Å². The minimum absolute atomic E-state index is 0.177. The molecule has 2 N–H and O–H groups in total. The number of fused-ring (bicyclic) bond motifs is 1. The van der Waals surface area contributed by atoms with Gasteiger partial charge in [-0.25, -0.2) is 0 Å². The molecule has 0 fully saturated rings. The molecule has 0 saturated carbocycles. The van der Waals surface area contributed by atoms with Gasteiger partial charge in [-0.2, -0.15) is 0 Å². The van der Waals surface area contributed by atoms with Crippen LogP contribution in [0.25, 0.3) is 16.6 Å². The zero-order valence-corrected chi connectivity index (χ0v) is 15.8. The van der Waals surface area contributed by atoms with Crippen molar-refractivity contribution in [3.63, 3.8) is 0 Å². The number of amides is 1. The Bertz CT molecular complexity index is 1200. The molecule has 5 nitrogen and oxygen atoms in total. The Morgan fingerprint density at radius 3 is 2.39 bits per heavy atom. The number of aromatic amines is 1. The molecule has 4 rings (SSSR count). The molecule has 0 bridgehead atoms. The van der Waals surface area contributed by atoms with E-state index in [1.807, 2.05) is 73.3 Å². The molecule has 140 valence electrons. The fourth-order valence-electron chi connectivity index (χ4n) is 3.22. The van der Waals surface area contributed by atoms with Crippen LogP contribution < -0.4 is 10.9 Å². The fraction of sp³-hybridized carbons (Fsp3) is 0.130. The van der Waals surface area contributed by atoms with Crippen molar-refractivity contribution in [2.24, 2.45) is 0 Å². The molecule has 0 atom stereocenters. The van der Waals surface area contributed by atoms with Crippen molar-refractivity contribution < 1.29 is 4.79 Å². The summed E-state index contributed by atoms with van der Waals surface area (Å²) < 4.78 is 1.97. The highest BCUT2D eigenvalue weighted by Crippen LogP contribution is 2.17. The van der Waals surface area contributed by atoms with Crippen LogP contribution in [-0.2, 0) is 6.54 Å². The lowest BCUT2D eigenvalue weighted by atomic mass is 10.0. The third kappa shape index (κ3) is 3.47. The first kappa shape index (κ1) is 17.8. The SMILES string of the molecule is Cc1cc2cc(CNC(=O)c3ccc(-n4cccc4)cc3)c(=O)[nH]c2cc1C. The van der Waals surface area contributed by atoms with E-state index < -0.39 is 0 Å². The molecule has 0 aliphatic rings. The molecule has 1 amide bonds. The van der Waals surface area contributed by atoms with Gasteiger partial charge in [0.25, 0.3) is 11.5 Å². The standard InChI is InChI=1S/C23H21N3O2/c1-15-11-18-13-19(23(28)25-21(18)12-16(15)2)14-24-22(27)17-5-7-20(8-6-17)26-9-3-4-10-26/h3-13H,14H2,1-2H3,(H,24,27)(H,25,28). The van der Waals surface area contributed by atoms with Crippen LogP contribution in [-0.4, -0.2) is 15.5 Å². The summed E-state index contributed by atoms with van der Waals surface area (Å²) >= 11 is 0. The number of aryl methyl sites for hydroxylation is 2. The van der Waals surface area contributed by atoms with Gasteiger partial charge in [-0.15, -0.1) is 0 Å². The van der Waals surface area contributed by atoms with Crippen LogP contribution >= 0.6 is 0 Å². The van der Waals surface area contributed by atoms with Crippen molar-refractivity contribution >= 4 is 16.8 Å². The maximum absolute atomic E-state index is 12.5. The first-order valence-corrected chi connectivity index (χ1v) is 9.16. The third-order valence-electron chi connectivity index (χ3n) is 5.01. The number of nitrogens with one attached hydrogen (secondary N) is 2. The Hall–Kier alpha value is -3.60. The Labute approximate surface area is 162 Å². The Balaban J connectivity index is 1.51. The molecule has 0 aliphatic carbocycles. The molecular weight excluding hydrogens is 350 g/mol. The minimum atomic E-state index is -0.210. The van der Waals surface area contributed by atoms with Crippen LogP contribution in [0.3, 0.4) is 0 Å². The zero-order valence-electron chi connectivity index (χ0n) is 15.8. The van der Waals surface area contributed by atoms with Gasteiger partial charge in [-0.3, -0.25) is 9.59 Å². The average Bonchev–Trinajstić information content (AvgIpc) is 3.22. The zero-order chi connectivity index (χ0) is 19.7. The molecule has 2 aromatic carbocycles. The average molecular weight is 371 g/mol. The van der Waals surface area contributed by atoms with Gasteiger partial charge in [0, 0.05) is 41.3 Å². The number of carbonyl (C=O) groups excluding carboxylic acids is 1. The van der Waals surface area contributed by atoms with Crippen LogP contribution in [0, 0.1) is 13.8 Å². The van der Waals surface area contributed by atoms with Gasteiger partial charge in [0.15, 0.2) is 0 Å². The fourth-order valence-corrected chi connectivity index (χ4v) is 3.22. The number of aromatic nitrogens is 2. The lowest BCUT2D eigenvalue weighted by Crippen LogP contribution is -2.26. The number of pyridine rings is 1. The normalized spacial score (nSPS) is 10.9. The smallest absolute Gasteiger partial charge is 0.253 e. The molecule has 0 unspecified atom stereocenters. The third-order valence-corrected chi connectivity index (χ3v) is 5.01. The summed E-state index contributed by atoms with van der Waals surface area (Å²) in [6.45, 7) is 4.23. The molecule has 0 radical (unpaired) electrons. The highest BCUT2D eigenvalue weighted by Gasteiger charge is 2.09. The summed E-state index contributed by atoms with van der Waals surface area (Å²) in [4.78, 5) is 27.7. The summed E-state index contributed by atoms with van der Waals surface area (Å²) in [7, 11) is 0. The van der Waals surface area contributed by atoms with E-state index in [0.29, 0.717) is 11.1 Å². The van der Waals surface area contributed by atoms with Crippen LogP contribution in [0.5, 0.6) is 0 Å². The Morgan fingerprint density at radius 1 is 1.00 bits per heavy atom. The number of hydrogen-bond acceptors (Lipinski definition) is 2. The van der Waals surface area contributed by atoms with Crippen molar-refractivity contribution in [2.75, 3.05) is 0 Å². The van der Waals surface area contributed by atoms with E-state index in [-0.39, 0.29) is 18.0 Å². The highest BCUT2D eigenvalue weighted by molar-refractivity contribution is 5.94. The van der Waals surface area contributed by atoms with Crippen molar-refractivity contribution in [1.29, 1.82) is 0 Å². The number of nitrogens with zero attached hydrogens (tertiary/aromatic N) is 1. The van der Waals surface area contributed by atoms with Gasteiger partial charge in [0.05, 0.1) is 0 Å². The molecule has 2 aromatic heterocycles.